The summed E-state index contributed by atoms with van der Waals surface area (Å²) in [5.41, 5.74) is 0. The normalized spacial score (nSPS) is 12.9. The summed E-state index contributed by atoms with van der Waals surface area (Å²) in [5, 5.41) is 8.48. The van der Waals surface area contributed by atoms with Crippen molar-refractivity contribution in [2.45, 2.75) is 17.9 Å². The Bertz CT molecular complexity index is 541. The minimum Gasteiger partial charge on any atom is -0.482 e. The predicted octanol–water partition coefficient (Wildman–Crippen LogP) is 1.18. The van der Waals surface area contributed by atoms with Crippen molar-refractivity contribution in [2.24, 2.45) is 0 Å². The average Bonchev–Trinajstić information content (AvgIpc) is 2.36. The SMILES string of the molecule is CSCC(C)NS(=O)(=O)c1ccc(OCC(=O)O)cc1. The number of hydrogen-bond donors (Lipinski definition) is 2. The molecular formula is C12H17NO5S2. The second kappa shape index (κ2) is 7.51. The Hall–Kier alpha value is -1.25. The molecule has 1 aromatic rings. The summed E-state index contributed by atoms with van der Waals surface area (Å²) in [6.07, 6.45) is 1.90. The van der Waals surface area contributed by atoms with E-state index in [1.807, 2.05) is 6.26 Å². The number of benzene rings is 1. The monoisotopic (exact) mass is 319 g/mol. The number of rotatable bonds is 8. The molecule has 0 bridgehead atoms. The van der Waals surface area contributed by atoms with Crippen LogP contribution in [0.3, 0.4) is 0 Å². The molecule has 0 aliphatic carbocycles. The van der Waals surface area contributed by atoms with E-state index in [1.54, 1.807) is 18.7 Å². The molecule has 6 nitrogen and oxygen atoms in total. The third-order valence-corrected chi connectivity index (χ3v) is 4.71. The maximum absolute atomic E-state index is 12.0. The Morgan fingerprint density at radius 2 is 2.00 bits per heavy atom. The van der Waals surface area contributed by atoms with E-state index in [0.29, 0.717) is 11.5 Å². The van der Waals surface area contributed by atoms with E-state index in [1.165, 1.54) is 24.3 Å². The number of aliphatic carboxylic acids is 1. The van der Waals surface area contributed by atoms with Gasteiger partial charge >= 0.3 is 5.97 Å². The molecule has 0 amide bonds. The molecule has 0 aromatic heterocycles. The van der Waals surface area contributed by atoms with Gasteiger partial charge in [0.25, 0.3) is 0 Å². The van der Waals surface area contributed by atoms with Crippen LogP contribution in [0.1, 0.15) is 6.92 Å². The molecule has 1 rings (SSSR count). The molecule has 20 heavy (non-hydrogen) atoms. The molecule has 2 N–H and O–H groups in total. The third kappa shape index (κ3) is 5.40. The Morgan fingerprint density at radius 3 is 2.50 bits per heavy atom. The number of carboxylic acid groups (broad SMARTS) is 1. The topological polar surface area (TPSA) is 92.7 Å². The van der Waals surface area contributed by atoms with Crippen LogP contribution >= 0.6 is 11.8 Å². The van der Waals surface area contributed by atoms with Crippen molar-refractivity contribution >= 4 is 27.8 Å². The molecule has 0 aliphatic heterocycles. The number of hydrogen-bond acceptors (Lipinski definition) is 5. The van der Waals surface area contributed by atoms with E-state index in [2.05, 4.69) is 4.72 Å². The van der Waals surface area contributed by atoms with E-state index >= 15 is 0 Å². The van der Waals surface area contributed by atoms with Gasteiger partial charge in [0.05, 0.1) is 4.90 Å². The van der Waals surface area contributed by atoms with Crippen molar-refractivity contribution < 1.29 is 23.1 Å². The highest BCUT2D eigenvalue weighted by Gasteiger charge is 2.17. The highest BCUT2D eigenvalue weighted by Crippen LogP contribution is 2.16. The molecule has 1 atom stereocenters. The number of sulfonamides is 1. The van der Waals surface area contributed by atoms with Crippen molar-refractivity contribution in [3.63, 3.8) is 0 Å². The Morgan fingerprint density at radius 1 is 1.40 bits per heavy atom. The lowest BCUT2D eigenvalue weighted by atomic mass is 10.3. The van der Waals surface area contributed by atoms with Gasteiger partial charge in [0, 0.05) is 11.8 Å². The van der Waals surface area contributed by atoms with Gasteiger partial charge in [-0.25, -0.2) is 17.9 Å². The van der Waals surface area contributed by atoms with Crippen LogP contribution in [0, 0.1) is 0 Å². The molecule has 0 fully saturated rings. The molecular weight excluding hydrogens is 302 g/mol. The maximum atomic E-state index is 12.0. The number of nitrogens with one attached hydrogen (secondary N) is 1. The van der Waals surface area contributed by atoms with E-state index in [0.717, 1.165) is 0 Å². The van der Waals surface area contributed by atoms with Gasteiger partial charge in [0.1, 0.15) is 5.75 Å². The molecule has 0 spiro atoms. The van der Waals surface area contributed by atoms with Crippen LogP contribution in [0.4, 0.5) is 0 Å². The fourth-order valence-corrected chi connectivity index (χ4v) is 3.41. The summed E-state index contributed by atoms with van der Waals surface area (Å²) in [4.78, 5) is 10.5. The standard InChI is InChI=1S/C12H17NO5S2/c1-9(8-19-2)13-20(16,17)11-5-3-10(4-6-11)18-7-12(14)15/h3-6,9,13H,7-8H2,1-2H3,(H,14,15). The summed E-state index contributed by atoms with van der Waals surface area (Å²) < 4.78 is 31.6. The number of ether oxygens (including phenoxy) is 1. The quantitative estimate of drug-likeness (QED) is 0.747. The average molecular weight is 319 g/mol. The second-order valence-electron chi connectivity index (χ2n) is 4.13. The number of carbonyl (C=O) groups is 1. The van der Waals surface area contributed by atoms with Crippen LogP contribution in [0.2, 0.25) is 0 Å². The highest BCUT2D eigenvalue weighted by atomic mass is 32.2. The van der Waals surface area contributed by atoms with E-state index in [4.69, 9.17) is 9.84 Å². The zero-order chi connectivity index (χ0) is 15.2. The van der Waals surface area contributed by atoms with Crippen molar-refractivity contribution in [3.05, 3.63) is 24.3 Å². The lowest BCUT2D eigenvalue weighted by molar-refractivity contribution is -0.139. The smallest absolute Gasteiger partial charge is 0.341 e. The zero-order valence-electron chi connectivity index (χ0n) is 11.2. The molecule has 0 saturated heterocycles. The van der Waals surface area contributed by atoms with E-state index in [-0.39, 0.29) is 10.9 Å². The van der Waals surface area contributed by atoms with Crippen LogP contribution in [-0.4, -0.2) is 44.2 Å². The minimum absolute atomic E-state index is 0.119. The van der Waals surface area contributed by atoms with Crippen molar-refractivity contribution in [2.75, 3.05) is 18.6 Å². The van der Waals surface area contributed by atoms with Gasteiger partial charge in [-0.2, -0.15) is 11.8 Å². The highest BCUT2D eigenvalue weighted by molar-refractivity contribution is 7.98. The van der Waals surface area contributed by atoms with Gasteiger partial charge < -0.3 is 9.84 Å². The van der Waals surface area contributed by atoms with Crippen LogP contribution in [0.15, 0.2) is 29.2 Å². The van der Waals surface area contributed by atoms with Crippen molar-refractivity contribution in [1.82, 2.24) is 4.72 Å². The van der Waals surface area contributed by atoms with E-state index < -0.39 is 22.6 Å². The first-order chi connectivity index (χ1) is 9.35. The first kappa shape index (κ1) is 16.8. The van der Waals surface area contributed by atoms with E-state index in [9.17, 15) is 13.2 Å². The summed E-state index contributed by atoms with van der Waals surface area (Å²) >= 11 is 1.55. The number of carboxylic acids is 1. The summed E-state index contributed by atoms with van der Waals surface area (Å²) in [6, 6.07) is 5.45. The van der Waals surface area contributed by atoms with Crippen LogP contribution < -0.4 is 9.46 Å². The van der Waals surface area contributed by atoms with Gasteiger partial charge in [0.15, 0.2) is 6.61 Å². The molecule has 0 radical (unpaired) electrons. The first-order valence-electron chi connectivity index (χ1n) is 5.81. The van der Waals surface area contributed by atoms with Gasteiger partial charge in [-0.05, 0) is 37.4 Å². The van der Waals surface area contributed by atoms with Gasteiger partial charge in [-0.3, -0.25) is 0 Å². The van der Waals surface area contributed by atoms with Crippen LogP contribution in [-0.2, 0) is 14.8 Å². The maximum Gasteiger partial charge on any atom is 0.341 e. The van der Waals surface area contributed by atoms with Crippen molar-refractivity contribution in [1.29, 1.82) is 0 Å². The van der Waals surface area contributed by atoms with Crippen molar-refractivity contribution in [3.8, 4) is 5.75 Å². The minimum atomic E-state index is -3.56. The Labute approximate surface area is 122 Å². The molecule has 0 saturated carbocycles. The van der Waals surface area contributed by atoms with Crippen LogP contribution in [0.5, 0.6) is 5.75 Å². The summed E-state index contributed by atoms with van der Waals surface area (Å²) in [6.45, 7) is 1.33. The third-order valence-electron chi connectivity index (χ3n) is 2.27. The molecule has 112 valence electrons. The predicted molar refractivity (Wildman–Crippen MR) is 77.7 cm³/mol. The largest absolute Gasteiger partial charge is 0.482 e. The Kier molecular flexibility index (Phi) is 6.31. The fourth-order valence-electron chi connectivity index (χ4n) is 1.48. The molecule has 0 aliphatic rings. The lowest BCUT2D eigenvalue weighted by Gasteiger charge is -2.13. The fraction of sp³-hybridized carbons (Fsp3) is 0.417. The first-order valence-corrected chi connectivity index (χ1v) is 8.69. The van der Waals surface area contributed by atoms with Gasteiger partial charge in [-0.15, -0.1) is 0 Å². The Balaban J connectivity index is 2.74. The second-order valence-corrected chi connectivity index (χ2v) is 6.76. The number of thioether (sulfide) groups is 1. The molecule has 1 unspecified atom stereocenters. The lowest BCUT2D eigenvalue weighted by Crippen LogP contribution is -2.34. The van der Waals surface area contributed by atoms with Crippen LogP contribution in [0.25, 0.3) is 0 Å². The molecule has 8 heteroatoms. The molecule has 0 heterocycles. The summed E-state index contributed by atoms with van der Waals surface area (Å²) in [5.74, 6) is -0.100. The van der Waals surface area contributed by atoms with Gasteiger partial charge in [-0.1, -0.05) is 0 Å². The molecule has 1 aromatic carbocycles. The summed E-state index contributed by atoms with van der Waals surface area (Å²) in [7, 11) is -3.56. The zero-order valence-corrected chi connectivity index (χ0v) is 12.8. The van der Waals surface area contributed by atoms with Gasteiger partial charge in [0.2, 0.25) is 10.0 Å².